The lowest BCUT2D eigenvalue weighted by Gasteiger charge is -2.08. The molecule has 0 saturated heterocycles. The maximum atomic E-state index is 11.9. The van der Waals surface area contributed by atoms with Crippen LogP contribution in [0.3, 0.4) is 0 Å². The predicted octanol–water partition coefficient (Wildman–Crippen LogP) is 2.96. The number of aryl methyl sites for hydroxylation is 1. The quantitative estimate of drug-likeness (QED) is 0.877. The largest absolute Gasteiger partial charge is 0.478 e. The molecular formula is C16H15NO3. The number of para-hydroxylation sites is 1. The molecule has 2 aromatic rings. The lowest BCUT2D eigenvalue weighted by molar-refractivity contribution is -0.116. The van der Waals surface area contributed by atoms with Crippen molar-refractivity contribution in [3.8, 4) is 0 Å². The summed E-state index contributed by atoms with van der Waals surface area (Å²) in [5, 5.41) is 11.7. The summed E-state index contributed by atoms with van der Waals surface area (Å²) in [4.78, 5) is 22.9. The minimum atomic E-state index is -1.05. The number of nitrogens with one attached hydrogen (secondary N) is 1. The van der Waals surface area contributed by atoms with Crippen molar-refractivity contribution in [1.82, 2.24) is 0 Å². The van der Waals surface area contributed by atoms with Gasteiger partial charge < -0.3 is 10.4 Å². The zero-order chi connectivity index (χ0) is 14.4. The van der Waals surface area contributed by atoms with Gasteiger partial charge in [-0.2, -0.15) is 0 Å². The van der Waals surface area contributed by atoms with Crippen LogP contribution in [0.1, 0.15) is 22.3 Å². The molecule has 0 aliphatic rings. The summed E-state index contributed by atoms with van der Waals surface area (Å²) in [5.41, 5.74) is 1.51. The number of carbonyl (C=O) groups is 2. The van der Waals surface area contributed by atoms with E-state index >= 15 is 0 Å². The summed E-state index contributed by atoms with van der Waals surface area (Å²) < 4.78 is 0. The Hall–Kier alpha value is -2.62. The van der Waals surface area contributed by atoms with Crippen molar-refractivity contribution in [3.63, 3.8) is 0 Å². The molecule has 0 unspecified atom stereocenters. The zero-order valence-corrected chi connectivity index (χ0v) is 10.9. The highest BCUT2D eigenvalue weighted by atomic mass is 16.4. The second kappa shape index (κ2) is 6.52. The van der Waals surface area contributed by atoms with E-state index < -0.39 is 5.97 Å². The Morgan fingerprint density at radius 1 is 0.950 bits per heavy atom. The second-order valence-corrected chi connectivity index (χ2v) is 4.38. The number of aromatic carboxylic acids is 1. The number of anilines is 1. The molecule has 2 N–H and O–H groups in total. The Morgan fingerprint density at radius 3 is 2.30 bits per heavy atom. The first-order valence-corrected chi connectivity index (χ1v) is 6.33. The second-order valence-electron chi connectivity index (χ2n) is 4.38. The number of amides is 1. The van der Waals surface area contributed by atoms with Crippen LogP contribution in [0, 0.1) is 0 Å². The third-order valence-electron chi connectivity index (χ3n) is 2.92. The minimum Gasteiger partial charge on any atom is -0.478 e. The molecule has 0 radical (unpaired) electrons. The van der Waals surface area contributed by atoms with Crippen molar-refractivity contribution in [2.24, 2.45) is 0 Å². The van der Waals surface area contributed by atoms with Gasteiger partial charge in [-0.25, -0.2) is 4.79 Å². The Morgan fingerprint density at radius 2 is 1.60 bits per heavy atom. The summed E-state index contributed by atoms with van der Waals surface area (Å²) in [5.74, 6) is -1.24. The molecule has 102 valence electrons. The molecule has 0 bridgehead atoms. The molecule has 0 heterocycles. The fourth-order valence-corrected chi connectivity index (χ4v) is 1.89. The van der Waals surface area contributed by atoms with Crippen molar-refractivity contribution in [2.45, 2.75) is 12.8 Å². The van der Waals surface area contributed by atoms with Crippen LogP contribution in [0.25, 0.3) is 0 Å². The van der Waals surface area contributed by atoms with Gasteiger partial charge in [0.05, 0.1) is 11.3 Å². The molecule has 0 atom stereocenters. The van der Waals surface area contributed by atoms with E-state index in [2.05, 4.69) is 5.32 Å². The molecule has 4 heteroatoms. The Labute approximate surface area is 117 Å². The molecule has 0 aromatic heterocycles. The summed E-state index contributed by atoms with van der Waals surface area (Å²) in [6.45, 7) is 0. The highest BCUT2D eigenvalue weighted by molar-refractivity contribution is 6.00. The van der Waals surface area contributed by atoms with E-state index in [0.29, 0.717) is 18.5 Å². The van der Waals surface area contributed by atoms with Gasteiger partial charge in [-0.15, -0.1) is 0 Å². The topological polar surface area (TPSA) is 66.4 Å². The molecule has 0 spiro atoms. The van der Waals surface area contributed by atoms with Crippen LogP contribution in [0.4, 0.5) is 5.69 Å². The van der Waals surface area contributed by atoms with Gasteiger partial charge in [-0.1, -0.05) is 42.5 Å². The van der Waals surface area contributed by atoms with Gasteiger partial charge in [0.15, 0.2) is 0 Å². The number of hydrogen-bond acceptors (Lipinski definition) is 2. The van der Waals surface area contributed by atoms with Crippen LogP contribution >= 0.6 is 0 Å². The highest BCUT2D eigenvalue weighted by Gasteiger charge is 2.11. The standard InChI is InChI=1S/C16H15NO3/c18-15(11-10-12-6-2-1-3-7-12)17-14-9-5-4-8-13(14)16(19)20/h1-9H,10-11H2,(H,17,18)(H,19,20). The van der Waals surface area contributed by atoms with Crippen LogP contribution in [-0.4, -0.2) is 17.0 Å². The number of carboxylic acid groups (broad SMARTS) is 1. The monoisotopic (exact) mass is 269 g/mol. The third kappa shape index (κ3) is 3.68. The van der Waals surface area contributed by atoms with Gasteiger partial charge in [0, 0.05) is 6.42 Å². The van der Waals surface area contributed by atoms with E-state index in [1.165, 1.54) is 6.07 Å². The lowest BCUT2D eigenvalue weighted by atomic mass is 10.1. The van der Waals surface area contributed by atoms with E-state index in [-0.39, 0.29) is 11.5 Å². The average Bonchev–Trinajstić information content (AvgIpc) is 2.46. The fraction of sp³-hybridized carbons (Fsp3) is 0.125. The summed E-state index contributed by atoms with van der Waals surface area (Å²) in [6.07, 6.45) is 0.944. The van der Waals surface area contributed by atoms with Gasteiger partial charge >= 0.3 is 5.97 Å². The van der Waals surface area contributed by atoms with Crippen LogP contribution in [0.5, 0.6) is 0 Å². The molecular weight excluding hydrogens is 254 g/mol. The van der Waals surface area contributed by atoms with Crippen LogP contribution < -0.4 is 5.32 Å². The summed E-state index contributed by atoms with van der Waals surface area (Å²) in [6, 6.07) is 16.1. The van der Waals surface area contributed by atoms with E-state index in [1.807, 2.05) is 30.3 Å². The van der Waals surface area contributed by atoms with Gasteiger partial charge in [-0.3, -0.25) is 4.79 Å². The minimum absolute atomic E-state index is 0.0977. The SMILES string of the molecule is O=C(CCc1ccccc1)Nc1ccccc1C(=O)O. The van der Waals surface area contributed by atoms with E-state index in [0.717, 1.165) is 5.56 Å². The van der Waals surface area contributed by atoms with Crippen molar-refractivity contribution >= 4 is 17.6 Å². The molecule has 2 aromatic carbocycles. The van der Waals surface area contributed by atoms with Gasteiger partial charge in [0.2, 0.25) is 5.91 Å². The van der Waals surface area contributed by atoms with E-state index in [4.69, 9.17) is 5.11 Å². The Kier molecular flexibility index (Phi) is 4.50. The molecule has 2 rings (SSSR count). The van der Waals surface area contributed by atoms with Crippen molar-refractivity contribution in [3.05, 3.63) is 65.7 Å². The predicted molar refractivity (Wildman–Crippen MR) is 76.8 cm³/mol. The normalized spacial score (nSPS) is 10.0. The molecule has 20 heavy (non-hydrogen) atoms. The van der Waals surface area contributed by atoms with Crippen LogP contribution in [-0.2, 0) is 11.2 Å². The maximum Gasteiger partial charge on any atom is 0.337 e. The molecule has 0 fully saturated rings. The van der Waals surface area contributed by atoms with Gasteiger partial charge in [-0.05, 0) is 24.1 Å². The van der Waals surface area contributed by atoms with Gasteiger partial charge in [0.25, 0.3) is 0 Å². The first-order valence-electron chi connectivity index (χ1n) is 6.33. The number of rotatable bonds is 5. The van der Waals surface area contributed by atoms with Crippen LogP contribution in [0.15, 0.2) is 54.6 Å². The Balaban J connectivity index is 1.97. The van der Waals surface area contributed by atoms with Crippen molar-refractivity contribution in [1.29, 1.82) is 0 Å². The molecule has 0 saturated carbocycles. The van der Waals surface area contributed by atoms with Crippen molar-refractivity contribution < 1.29 is 14.7 Å². The zero-order valence-electron chi connectivity index (χ0n) is 10.9. The first-order chi connectivity index (χ1) is 9.66. The molecule has 4 nitrogen and oxygen atoms in total. The van der Waals surface area contributed by atoms with Crippen molar-refractivity contribution in [2.75, 3.05) is 5.32 Å². The lowest BCUT2D eigenvalue weighted by Crippen LogP contribution is -2.15. The number of carbonyl (C=O) groups excluding carboxylic acids is 1. The fourth-order valence-electron chi connectivity index (χ4n) is 1.89. The number of hydrogen-bond donors (Lipinski definition) is 2. The third-order valence-corrected chi connectivity index (χ3v) is 2.92. The molecule has 0 aliphatic carbocycles. The molecule has 1 amide bonds. The highest BCUT2D eigenvalue weighted by Crippen LogP contribution is 2.15. The average molecular weight is 269 g/mol. The van der Waals surface area contributed by atoms with Crippen LogP contribution in [0.2, 0.25) is 0 Å². The molecule has 0 aliphatic heterocycles. The van der Waals surface area contributed by atoms with E-state index in [9.17, 15) is 9.59 Å². The number of carboxylic acids is 1. The maximum absolute atomic E-state index is 11.9. The summed E-state index contributed by atoms with van der Waals surface area (Å²) >= 11 is 0. The number of benzene rings is 2. The Bertz CT molecular complexity index is 608. The first kappa shape index (κ1) is 13.8. The smallest absolute Gasteiger partial charge is 0.337 e. The van der Waals surface area contributed by atoms with Gasteiger partial charge in [0.1, 0.15) is 0 Å². The summed E-state index contributed by atoms with van der Waals surface area (Å²) in [7, 11) is 0. The van der Waals surface area contributed by atoms with E-state index in [1.54, 1.807) is 18.2 Å².